The Bertz CT molecular complexity index is 695. The highest BCUT2D eigenvalue weighted by atomic mass is 16.5. The van der Waals surface area contributed by atoms with Crippen molar-refractivity contribution in [1.82, 2.24) is 4.98 Å². The molecule has 2 aromatic rings. The molecule has 0 spiro atoms. The van der Waals surface area contributed by atoms with Gasteiger partial charge in [0.15, 0.2) is 18.2 Å². The lowest BCUT2D eigenvalue weighted by Gasteiger charge is -2.25. The Morgan fingerprint density at radius 3 is 2.90 bits per heavy atom. The lowest BCUT2D eigenvalue weighted by molar-refractivity contribution is -0.121. The summed E-state index contributed by atoms with van der Waals surface area (Å²) in [6, 6.07) is 8.15. The minimum Gasteiger partial charge on any atom is -0.480 e. The zero-order valence-corrected chi connectivity index (χ0v) is 11.8. The van der Waals surface area contributed by atoms with Crippen molar-refractivity contribution < 1.29 is 9.53 Å². The van der Waals surface area contributed by atoms with E-state index in [0.717, 1.165) is 11.1 Å². The topological polar surface area (TPSA) is 42.4 Å². The van der Waals surface area contributed by atoms with Gasteiger partial charge >= 0.3 is 0 Å². The van der Waals surface area contributed by atoms with Gasteiger partial charge in [-0.15, -0.1) is 0 Å². The quantitative estimate of drug-likeness (QED) is 0.798. The number of pyridine rings is 1. The Morgan fingerprint density at radius 2 is 2.10 bits per heavy atom. The summed E-state index contributed by atoms with van der Waals surface area (Å²) in [6.07, 6.45) is 1.79. The SMILES string of the molecule is Cc1cccc(-c2cnc3c(c2)OCC(=O)N3C)c1C. The standard InChI is InChI=1S/C16H16N2O2/c1-10-5-4-6-13(11(10)2)12-7-14-16(17-8-12)18(3)15(19)9-20-14/h4-8H,9H2,1-3H3. The number of nitrogens with zero attached hydrogens (tertiary/aromatic N) is 2. The Morgan fingerprint density at radius 1 is 1.30 bits per heavy atom. The Labute approximate surface area is 118 Å². The summed E-state index contributed by atoms with van der Waals surface area (Å²) in [5, 5.41) is 0. The lowest BCUT2D eigenvalue weighted by atomic mass is 9.98. The minimum atomic E-state index is -0.0792. The number of carbonyl (C=O) groups is 1. The normalized spacial score (nSPS) is 13.9. The van der Waals surface area contributed by atoms with Crippen LogP contribution >= 0.6 is 0 Å². The number of carbonyl (C=O) groups excluding carboxylic acids is 1. The monoisotopic (exact) mass is 268 g/mol. The fraction of sp³-hybridized carbons (Fsp3) is 0.250. The van der Waals surface area contributed by atoms with E-state index in [1.54, 1.807) is 13.2 Å². The minimum absolute atomic E-state index is 0.0709. The highest BCUT2D eigenvalue weighted by molar-refractivity contribution is 5.96. The fourth-order valence-corrected chi connectivity index (χ4v) is 2.36. The van der Waals surface area contributed by atoms with Crippen LogP contribution in [0.3, 0.4) is 0 Å². The average Bonchev–Trinajstić information content (AvgIpc) is 2.46. The van der Waals surface area contributed by atoms with Gasteiger partial charge < -0.3 is 4.74 Å². The van der Waals surface area contributed by atoms with Gasteiger partial charge in [-0.3, -0.25) is 9.69 Å². The summed E-state index contributed by atoms with van der Waals surface area (Å²) in [7, 11) is 1.72. The highest BCUT2D eigenvalue weighted by Crippen LogP contribution is 2.34. The van der Waals surface area contributed by atoms with E-state index in [9.17, 15) is 4.79 Å². The number of hydrogen-bond acceptors (Lipinski definition) is 3. The van der Waals surface area contributed by atoms with Crippen molar-refractivity contribution in [2.24, 2.45) is 0 Å². The molecule has 0 atom stereocenters. The maximum Gasteiger partial charge on any atom is 0.265 e. The van der Waals surface area contributed by atoms with Gasteiger partial charge in [-0.05, 0) is 36.6 Å². The Hall–Kier alpha value is -2.36. The number of rotatable bonds is 1. The first-order valence-corrected chi connectivity index (χ1v) is 6.54. The molecule has 4 nitrogen and oxygen atoms in total. The van der Waals surface area contributed by atoms with Gasteiger partial charge in [-0.1, -0.05) is 18.2 Å². The van der Waals surface area contributed by atoms with Crippen LogP contribution in [0.25, 0.3) is 11.1 Å². The van der Waals surface area contributed by atoms with Crippen molar-refractivity contribution in [1.29, 1.82) is 0 Å². The predicted molar refractivity (Wildman–Crippen MR) is 78.1 cm³/mol. The molecule has 0 radical (unpaired) electrons. The summed E-state index contributed by atoms with van der Waals surface area (Å²) >= 11 is 0. The predicted octanol–water partition coefficient (Wildman–Crippen LogP) is 2.72. The van der Waals surface area contributed by atoms with Crippen molar-refractivity contribution >= 4 is 11.7 Å². The lowest BCUT2D eigenvalue weighted by Crippen LogP contribution is -2.36. The third kappa shape index (κ3) is 1.93. The van der Waals surface area contributed by atoms with Crippen LogP contribution in [0.5, 0.6) is 5.75 Å². The van der Waals surface area contributed by atoms with Crippen molar-refractivity contribution in [2.75, 3.05) is 18.6 Å². The number of anilines is 1. The molecule has 0 saturated carbocycles. The molecule has 3 rings (SSSR count). The van der Waals surface area contributed by atoms with Crippen LogP contribution in [0, 0.1) is 13.8 Å². The fourth-order valence-electron chi connectivity index (χ4n) is 2.36. The molecule has 0 fully saturated rings. The maximum atomic E-state index is 11.6. The second kappa shape index (κ2) is 4.63. The van der Waals surface area contributed by atoms with E-state index in [4.69, 9.17) is 4.74 Å². The van der Waals surface area contributed by atoms with Gasteiger partial charge in [-0.25, -0.2) is 4.98 Å². The smallest absolute Gasteiger partial charge is 0.265 e. The van der Waals surface area contributed by atoms with Crippen LogP contribution in [0.2, 0.25) is 0 Å². The molecule has 20 heavy (non-hydrogen) atoms. The summed E-state index contributed by atoms with van der Waals surface area (Å²) in [4.78, 5) is 17.5. The van der Waals surface area contributed by atoms with Gasteiger partial charge in [-0.2, -0.15) is 0 Å². The number of hydrogen-bond donors (Lipinski definition) is 0. The molecule has 1 aromatic carbocycles. The summed E-state index contributed by atoms with van der Waals surface area (Å²) in [6.45, 7) is 4.26. The molecular formula is C16H16N2O2. The number of aryl methyl sites for hydroxylation is 1. The second-order valence-corrected chi connectivity index (χ2v) is 5.03. The van der Waals surface area contributed by atoms with Crippen LogP contribution in [-0.4, -0.2) is 24.5 Å². The molecular weight excluding hydrogens is 252 g/mol. The van der Waals surface area contributed by atoms with Gasteiger partial charge in [0.2, 0.25) is 0 Å². The molecule has 1 aliphatic rings. The van der Waals surface area contributed by atoms with E-state index in [1.165, 1.54) is 16.0 Å². The third-order valence-electron chi connectivity index (χ3n) is 3.79. The van der Waals surface area contributed by atoms with Crippen LogP contribution in [0.15, 0.2) is 30.5 Å². The number of benzene rings is 1. The van der Waals surface area contributed by atoms with Crippen LogP contribution in [0.1, 0.15) is 11.1 Å². The average molecular weight is 268 g/mol. The first kappa shape index (κ1) is 12.7. The van der Waals surface area contributed by atoms with Crippen molar-refractivity contribution in [3.8, 4) is 16.9 Å². The van der Waals surface area contributed by atoms with E-state index >= 15 is 0 Å². The number of ether oxygens (including phenoxy) is 1. The molecule has 1 aliphatic heterocycles. The summed E-state index contributed by atoms with van der Waals surface area (Å²) < 4.78 is 5.48. The van der Waals surface area contributed by atoms with Crippen LogP contribution in [0.4, 0.5) is 5.82 Å². The zero-order valence-electron chi connectivity index (χ0n) is 11.8. The number of likely N-dealkylation sites (N-methyl/N-ethyl adjacent to an activating group) is 1. The Kier molecular flexibility index (Phi) is 2.93. The first-order valence-electron chi connectivity index (χ1n) is 6.54. The molecule has 0 N–H and O–H groups in total. The van der Waals surface area contributed by atoms with E-state index in [2.05, 4.69) is 31.0 Å². The van der Waals surface area contributed by atoms with Crippen molar-refractivity contribution in [3.05, 3.63) is 41.6 Å². The number of fused-ring (bicyclic) bond motifs is 1. The molecule has 4 heteroatoms. The van der Waals surface area contributed by atoms with E-state index < -0.39 is 0 Å². The zero-order chi connectivity index (χ0) is 14.3. The van der Waals surface area contributed by atoms with Gasteiger partial charge in [0, 0.05) is 18.8 Å². The third-order valence-corrected chi connectivity index (χ3v) is 3.79. The number of amides is 1. The summed E-state index contributed by atoms with van der Waals surface area (Å²) in [5.41, 5.74) is 4.62. The van der Waals surface area contributed by atoms with Crippen molar-refractivity contribution in [3.63, 3.8) is 0 Å². The van der Waals surface area contributed by atoms with Gasteiger partial charge in [0.1, 0.15) is 0 Å². The van der Waals surface area contributed by atoms with Crippen LogP contribution < -0.4 is 9.64 Å². The maximum absolute atomic E-state index is 11.6. The largest absolute Gasteiger partial charge is 0.480 e. The van der Waals surface area contributed by atoms with Crippen LogP contribution in [-0.2, 0) is 4.79 Å². The molecule has 0 aliphatic carbocycles. The second-order valence-electron chi connectivity index (χ2n) is 5.03. The van der Waals surface area contributed by atoms with E-state index in [-0.39, 0.29) is 12.5 Å². The van der Waals surface area contributed by atoms with E-state index in [1.807, 2.05) is 12.1 Å². The highest BCUT2D eigenvalue weighted by Gasteiger charge is 2.24. The molecule has 102 valence electrons. The van der Waals surface area contributed by atoms with Gasteiger partial charge in [0.25, 0.3) is 5.91 Å². The molecule has 1 amide bonds. The molecule has 0 unspecified atom stereocenters. The first-order chi connectivity index (χ1) is 9.58. The molecule has 1 aromatic heterocycles. The number of aromatic nitrogens is 1. The van der Waals surface area contributed by atoms with E-state index in [0.29, 0.717) is 11.6 Å². The van der Waals surface area contributed by atoms with Crippen molar-refractivity contribution in [2.45, 2.75) is 13.8 Å². The molecule has 0 bridgehead atoms. The molecule has 2 heterocycles. The summed E-state index contributed by atoms with van der Waals surface area (Å²) in [5.74, 6) is 1.16. The Balaban J connectivity index is 2.09. The van der Waals surface area contributed by atoms with Gasteiger partial charge in [0.05, 0.1) is 0 Å². The molecule has 0 saturated heterocycles.